The van der Waals surface area contributed by atoms with E-state index < -0.39 is 33.3 Å². The van der Waals surface area contributed by atoms with Crippen molar-refractivity contribution in [3.05, 3.63) is 15.5 Å². The van der Waals surface area contributed by atoms with Gasteiger partial charge in [0, 0.05) is 0 Å². The number of hydrogen-bond donors (Lipinski definition) is 1. The highest BCUT2D eigenvalue weighted by atomic mass is 127. The summed E-state index contributed by atoms with van der Waals surface area (Å²) in [6, 6.07) is 0. The highest BCUT2D eigenvalue weighted by Crippen LogP contribution is 2.44. The SMILES string of the molecule is Oc1cnc(I)c(OC(F)(F)F)c1C(F)(F)F. The minimum Gasteiger partial charge on any atom is -0.506 e. The van der Waals surface area contributed by atoms with Crippen molar-refractivity contribution in [1.29, 1.82) is 0 Å². The molecule has 1 rings (SSSR count). The largest absolute Gasteiger partial charge is 0.573 e. The lowest BCUT2D eigenvalue weighted by atomic mass is 10.2. The van der Waals surface area contributed by atoms with Crippen LogP contribution >= 0.6 is 22.6 Å². The van der Waals surface area contributed by atoms with E-state index in [9.17, 15) is 26.3 Å². The molecule has 0 amide bonds. The van der Waals surface area contributed by atoms with Gasteiger partial charge >= 0.3 is 12.5 Å². The molecule has 0 aliphatic carbocycles. The predicted molar refractivity (Wildman–Crippen MR) is 50.3 cm³/mol. The van der Waals surface area contributed by atoms with Gasteiger partial charge in [-0.05, 0) is 22.6 Å². The molecule has 1 N–H and O–H groups in total. The van der Waals surface area contributed by atoms with Gasteiger partial charge in [-0.1, -0.05) is 0 Å². The number of rotatable bonds is 1. The first-order chi connectivity index (χ1) is 7.52. The number of halogens is 7. The molecule has 0 bridgehead atoms. The molecule has 0 aliphatic rings. The second-order valence-electron chi connectivity index (χ2n) is 2.68. The quantitative estimate of drug-likeness (QED) is 0.467. The van der Waals surface area contributed by atoms with Crippen LogP contribution in [0.2, 0.25) is 0 Å². The van der Waals surface area contributed by atoms with E-state index in [2.05, 4.69) is 9.72 Å². The zero-order valence-electron chi connectivity index (χ0n) is 7.53. The summed E-state index contributed by atoms with van der Waals surface area (Å²) in [5, 5.41) is 8.92. The van der Waals surface area contributed by atoms with Gasteiger partial charge in [-0.25, -0.2) is 4.98 Å². The smallest absolute Gasteiger partial charge is 0.506 e. The highest BCUT2D eigenvalue weighted by molar-refractivity contribution is 14.1. The van der Waals surface area contributed by atoms with Crippen molar-refractivity contribution in [2.24, 2.45) is 0 Å². The van der Waals surface area contributed by atoms with Crippen molar-refractivity contribution in [3.8, 4) is 11.5 Å². The Morgan fingerprint density at radius 2 is 1.71 bits per heavy atom. The van der Waals surface area contributed by atoms with Crippen molar-refractivity contribution >= 4 is 22.6 Å². The zero-order valence-corrected chi connectivity index (χ0v) is 9.68. The molecule has 0 radical (unpaired) electrons. The van der Waals surface area contributed by atoms with Gasteiger partial charge in [-0.3, -0.25) is 0 Å². The summed E-state index contributed by atoms with van der Waals surface area (Å²) in [5.74, 6) is -3.00. The van der Waals surface area contributed by atoms with Crippen LogP contribution in [0.5, 0.6) is 11.5 Å². The van der Waals surface area contributed by atoms with E-state index in [4.69, 9.17) is 5.11 Å². The van der Waals surface area contributed by atoms with Crippen LogP contribution in [-0.4, -0.2) is 16.5 Å². The fraction of sp³-hybridized carbons (Fsp3) is 0.286. The van der Waals surface area contributed by atoms with Crippen LogP contribution in [0.3, 0.4) is 0 Å². The summed E-state index contributed by atoms with van der Waals surface area (Å²) < 4.78 is 75.6. The van der Waals surface area contributed by atoms with Crippen LogP contribution in [0, 0.1) is 3.70 Å². The lowest BCUT2D eigenvalue weighted by Crippen LogP contribution is -2.21. The molecule has 1 aromatic heterocycles. The molecular weight excluding hydrogens is 371 g/mol. The first kappa shape index (κ1) is 14.1. The molecular formula is C7H2F6INO2. The average molecular weight is 373 g/mol. The highest BCUT2D eigenvalue weighted by Gasteiger charge is 2.43. The molecule has 0 saturated carbocycles. The Morgan fingerprint density at radius 1 is 1.18 bits per heavy atom. The van der Waals surface area contributed by atoms with Gasteiger partial charge in [-0.2, -0.15) is 13.2 Å². The zero-order chi connectivity index (χ0) is 13.4. The fourth-order valence-corrected chi connectivity index (χ4v) is 1.46. The molecule has 1 heterocycles. The third-order valence-electron chi connectivity index (χ3n) is 1.47. The van der Waals surface area contributed by atoms with Crippen molar-refractivity contribution in [1.82, 2.24) is 4.98 Å². The number of alkyl halides is 6. The lowest BCUT2D eigenvalue weighted by molar-refractivity contribution is -0.276. The minimum atomic E-state index is -5.31. The molecule has 3 nitrogen and oxygen atoms in total. The summed E-state index contributed by atoms with van der Waals surface area (Å²) in [6.45, 7) is 0. The Bertz CT molecular complexity index is 430. The normalized spacial score (nSPS) is 12.6. The Morgan fingerprint density at radius 3 is 2.12 bits per heavy atom. The fourth-order valence-electron chi connectivity index (χ4n) is 0.943. The summed E-state index contributed by atoms with van der Waals surface area (Å²) in [4.78, 5) is 3.15. The maximum Gasteiger partial charge on any atom is 0.573 e. The van der Waals surface area contributed by atoms with Gasteiger partial charge < -0.3 is 9.84 Å². The Hall–Kier alpha value is -0.940. The number of aromatic nitrogens is 1. The number of nitrogens with zero attached hydrogens (tertiary/aromatic N) is 1. The van der Waals surface area contributed by atoms with Gasteiger partial charge in [0.2, 0.25) is 0 Å². The van der Waals surface area contributed by atoms with Gasteiger partial charge in [-0.15, -0.1) is 13.2 Å². The third kappa shape index (κ3) is 3.51. The standard InChI is InChI=1S/C7H2F6INO2/c8-6(9,10)3-2(16)1-15-5(14)4(3)17-7(11,12)13/h1,16H. The molecule has 96 valence electrons. The summed E-state index contributed by atoms with van der Waals surface area (Å²) in [6.07, 6.45) is -10.1. The molecule has 10 heteroatoms. The van der Waals surface area contributed by atoms with Crippen LogP contribution in [0.1, 0.15) is 5.56 Å². The maximum absolute atomic E-state index is 12.4. The number of aromatic hydroxyl groups is 1. The van der Waals surface area contributed by atoms with E-state index in [1.54, 1.807) is 0 Å². The summed E-state index contributed by atoms with van der Waals surface area (Å²) in [7, 11) is 0. The Kier molecular flexibility index (Phi) is 3.64. The van der Waals surface area contributed by atoms with Crippen molar-refractivity contribution in [2.75, 3.05) is 0 Å². The summed E-state index contributed by atoms with van der Waals surface area (Å²) in [5.41, 5.74) is -1.91. The molecule has 0 aliphatic heterocycles. The first-order valence-corrected chi connectivity index (χ1v) is 4.80. The van der Waals surface area contributed by atoms with E-state index in [0.29, 0.717) is 6.20 Å². The maximum atomic E-state index is 12.4. The lowest BCUT2D eigenvalue weighted by Gasteiger charge is -2.16. The molecule has 0 spiro atoms. The van der Waals surface area contributed by atoms with Crippen LogP contribution < -0.4 is 4.74 Å². The van der Waals surface area contributed by atoms with E-state index in [-0.39, 0.29) is 0 Å². The minimum absolute atomic E-state index is 0.397. The second-order valence-corrected chi connectivity index (χ2v) is 3.71. The van der Waals surface area contributed by atoms with E-state index >= 15 is 0 Å². The molecule has 1 aromatic rings. The topological polar surface area (TPSA) is 42.4 Å². The molecule has 0 saturated heterocycles. The van der Waals surface area contributed by atoms with Crippen LogP contribution in [-0.2, 0) is 6.18 Å². The number of pyridine rings is 1. The monoisotopic (exact) mass is 373 g/mol. The van der Waals surface area contributed by atoms with Crippen molar-refractivity contribution < 1.29 is 36.2 Å². The summed E-state index contributed by atoms with van der Waals surface area (Å²) >= 11 is 1.14. The van der Waals surface area contributed by atoms with E-state index in [0.717, 1.165) is 22.6 Å². The van der Waals surface area contributed by atoms with Gasteiger partial charge in [0.15, 0.2) is 5.75 Å². The number of hydrogen-bond acceptors (Lipinski definition) is 3. The predicted octanol–water partition coefficient (Wildman–Crippen LogP) is 3.31. The van der Waals surface area contributed by atoms with Crippen molar-refractivity contribution in [3.63, 3.8) is 0 Å². The van der Waals surface area contributed by atoms with Gasteiger partial charge in [0.1, 0.15) is 15.0 Å². The van der Waals surface area contributed by atoms with E-state index in [1.165, 1.54) is 0 Å². The van der Waals surface area contributed by atoms with Crippen LogP contribution in [0.15, 0.2) is 6.20 Å². The van der Waals surface area contributed by atoms with Crippen LogP contribution in [0.25, 0.3) is 0 Å². The Balaban J connectivity index is 3.41. The van der Waals surface area contributed by atoms with Crippen LogP contribution in [0.4, 0.5) is 26.3 Å². The molecule has 0 aromatic carbocycles. The Labute approximate surface area is 104 Å². The van der Waals surface area contributed by atoms with Gasteiger partial charge in [0.05, 0.1) is 6.20 Å². The average Bonchev–Trinajstić information content (AvgIpc) is 2.06. The first-order valence-electron chi connectivity index (χ1n) is 3.73. The molecule has 0 unspecified atom stereocenters. The van der Waals surface area contributed by atoms with E-state index in [1.807, 2.05) is 0 Å². The number of ether oxygens (including phenoxy) is 1. The second kappa shape index (κ2) is 4.38. The van der Waals surface area contributed by atoms with Crippen molar-refractivity contribution in [2.45, 2.75) is 12.5 Å². The molecule has 0 fully saturated rings. The molecule has 17 heavy (non-hydrogen) atoms. The van der Waals surface area contributed by atoms with Gasteiger partial charge in [0.25, 0.3) is 0 Å². The molecule has 0 atom stereocenters. The third-order valence-corrected chi connectivity index (χ3v) is 2.24.